The van der Waals surface area contributed by atoms with E-state index in [1.807, 2.05) is 30.3 Å². The zero-order valence-electron chi connectivity index (χ0n) is 12.4. The average molecular weight is 292 g/mol. The fourth-order valence-corrected chi connectivity index (χ4v) is 1.68. The lowest BCUT2D eigenvalue weighted by atomic mass is 10.2. The summed E-state index contributed by atoms with van der Waals surface area (Å²) in [5.41, 5.74) is 0.990. The standard InChI is InChI=1S/C16H20O5/c1-12(21-13(2)17)15(9-10-16(18)19-3)20-11-14-7-5-4-6-8-14/h4-10,12,15H,11H2,1-3H3/b10-9+/t12-,15+/m1/s1. The van der Waals surface area contributed by atoms with Gasteiger partial charge >= 0.3 is 11.9 Å². The third-order valence-electron chi connectivity index (χ3n) is 2.72. The molecule has 0 spiro atoms. The van der Waals surface area contributed by atoms with Crippen LogP contribution in [0.2, 0.25) is 0 Å². The third-order valence-corrected chi connectivity index (χ3v) is 2.72. The van der Waals surface area contributed by atoms with Crippen molar-refractivity contribution in [3.8, 4) is 0 Å². The van der Waals surface area contributed by atoms with E-state index in [9.17, 15) is 9.59 Å². The molecule has 1 aromatic carbocycles. The maximum Gasteiger partial charge on any atom is 0.330 e. The first-order valence-corrected chi connectivity index (χ1v) is 6.62. The van der Waals surface area contributed by atoms with Crippen molar-refractivity contribution in [2.45, 2.75) is 32.7 Å². The fraction of sp³-hybridized carbons (Fsp3) is 0.375. The summed E-state index contributed by atoms with van der Waals surface area (Å²) in [4.78, 5) is 22.2. The molecule has 0 aliphatic rings. The van der Waals surface area contributed by atoms with E-state index < -0.39 is 24.1 Å². The molecule has 0 radical (unpaired) electrons. The van der Waals surface area contributed by atoms with E-state index in [2.05, 4.69) is 4.74 Å². The summed E-state index contributed by atoms with van der Waals surface area (Å²) in [5.74, 6) is -0.888. The van der Waals surface area contributed by atoms with Gasteiger partial charge in [0.25, 0.3) is 0 Å². The smallest absolute Gasteiger partial charge is 0.330 e. The van der Waals surface area contributed by atoms with E-state index in [0.29, 0.717) is 6.61 Å². The minimum Gasteiger partial charge on any atom is -0.466 e. The summed E-state index contributed by atoms with van der Waals surface area (Å²) in [6, 6.07) is 9.59. The van der Waals surface area contributed by atoms with Crippen LogP contribution in [-0.4, -0.2) is 31.3 Å². The molecule has 0 fully saturated rings. The maximum absolute atomic E-state index is 11.2. The molecule has 0 aliphatic heterocycles. The number of hydrogen-bond acceptors (Lipinski definition) is 5. The van der Waals surface area contributed by atoms with Gasteiger partial charge in [-0.05, 0) is 18.6 Å². The van der Waals surface area contributed by atoms with Crippen molar-refractivity contribution in [1.29, 1.82) is 0 Å². The van der Waals surface area contributed by atoms with Gasteiger partial charge in [0.1, 0.15) is 12.2 Å². The van der Waals surface area contributed by atoms with E-state index in [1.165, 1.54) is 26.2 Å². The highest BCUT2D eigenvalue weighted by atomic mass is 16.6. The summed E-state index contributed by atoms with van der Waals surface area (Å²) in [6.45, 7) is 3.38. The Morgan fingerprint density at radius 3 is 2.48 bits per heavy atom. The fourth-order valence-electron chi connectivity index (χ4n) is 1.68. The first-order chi connectivity index (χ1) is 10.0. The van der Waals surface area contributed by atoms with Gasteiger partial charge in [-0.3, -0.25) is 4.79 Å². The lowest BCUT2D eigenvalue weighted by molar-refractivity contribution is -0.151. The highest BCUT2D eigenvalue weighted by Gasteiger charge is 2.18. The number of methoxy groups -OCH3 is 1. The normalized spacial score (nSPS) is 13.7. The molecular weight excluding hydrogens is 272 g/mol. The van der Waals surface area contributed by atoms with Crippen molar-refractivity contribution in [2.24, 2.45) is 0 Å². The molecule has 0 amide bonds. The number of ether oxygens (including phenoxy) is 3. The number of rotatable bonds is 7. The van der Waals surface area contributed by atoms with Gasteiger partial charge in [0.15, 0.2) is 0 Å². The lowest BCUT2D eigenvalue weighted by Gasteiger charge is -2.21. The van der Waals surface area contributed by atoms with Crippen molar-refractivity contribution in [3.05, 3.63) is 48.0 Å². The van der Waals surface area contributed by atoms with Crippen LogP contribution in [0.1, 0.15) is 19.4 Å². The van der Waals surface area contributed by atoms with Gasteiger partial charge in [0.05, 0.1) is 13.7 Å². The highest BCUT2D eigenvalue weighted by Crippen LogP contribution is 2.10. The third kappa shape index (κ3) is 6.72. The van der Waals surface area contributed by atoms with Gasteiger partial charge in [0.2, 0.25) is 0 Å². The Morgan fingerprint density at radius 1 is 1.24 bits per heavy atom. The van der Waals surface area contributed by atoms with Crippen LogP contribution < -0.4 is 0 Å². The first kappa shape index (κ1) is 16.9. The van der Waals surface area contributed by atoms with E-state index in [0.717, 1.165) is 5.56 Å². The number of hydrogen-bond donors (Lipinski definition) is 0. The Labute approximate surface area is 124 Å². The molecule has 0 saturated heterocycles. The van der Waals surface area contributed by atoms with Gasteiger partial charge in [-0.1, -0.05) is 30.3 Å². The van der Waals surface area contributed by atoms with Crippen molar-refractivity contribution in [2.75, 3.05) is 7.11 Å². The molecule has 114 valence electrons. The molecule has 5 nitrogen and oxygen atoms in total. The topological polar surface area (TPSA) is 61.8 Å². The van der Waals surface area contributed by atoms with Crippen LogP contribution in [0, 0.1) is 0 Å². The molecule has 1 aromatic rings. The van der Waals surface area contributed by atoms with E-state index in [4.69, 9.17) is 9.47 Å². The average Bonchev–Trinajstić information content (AvgIpc) is 2.47. The van der Waals surface area contributed by atoms with Crippen molar-refractivity contribution in [3.63, 3.8) is 0 Å². The molecular formula is C16H20O5. The molecule has 0 N–H and O–H groups in total. The summed E-state index contributed by atoms with van der Waals surface area (Å²) in [7, 11) is 1.29. The van der Waals surface area contributed by atoms with Crippen molar-refractivity contribution >= 4 is 11.9 Å². The molecule has 0 saturated carbocycles. The van der Waals surface area contributed by atoms with Gasteiger partial charge in [-0.2, -0.15) is 0 Å². The monoisotopic (exact) mass is 292 g/mol. The molecule has 1 rings (SSSR count). The Bertz CT molecular complexity index is 481. The van der Waals surface area contributed by atoms with Crippen molar-refractivity contribution in [1.82, 2.24) is 0 Å². The molecule has 0 bridgehead atoms. The predicted molar refractivity (Wildman–Crippen MR) is 77.4 cm³/mol. The van der Waals surface area contributed by atoms with Crippen LogP contribution in [0.15, 0.2) is 42.5 Å². The highest BCUT2D eigenvalue weighted by molar-refractivity contribution is 5.81. The zero-order valence-corrected chi connectivity index (χ0v) is 12.4. The largest absolute Gasteiger partial charge is 0.466 e. The minimum atomic E-state index is -0.534. The van der Waals surface area contributed by atoms with E-state index in [-0.39, 0.29) is 0 Å². The lowest BCUT2D eigenvalue weighted by Crippen LogP contribution is -2.29. The van der Waals surface area contributed by atoms with Crippen LogP contribution in [0.5, 0.6) is 0 Å². The molecule has 21 heavy (non-hydrogen) atoms. The van der Waals surface area contributed by atoms with Crippen LogP contribution in [-0.2, 0) is 30.4 Å². The minimum absolute atomic E-state index is 0.350. The Morgan fingerprint density at radius 2 is 1.90 bits per heavy atom. The summed E-state index contributed by atoms with van der Waals surface area (Å²) >= 11 is 0. The summed E-state index contributed by atoms with van der Waals surface area (Å²) < 4.78 is 15.3. The van der Waals surface area contributed by atoms with Crippen LogP contribution in [0.25, 0.3) is 0 Å². The Balaban J connectivity index is 2.68. The summed E-state index contributed by atoms with van der Waals surface area (Å²) in [5, 5.41) is 0. The maximum atomic E-state index is 11.2. The number of carbonyl (C=O) groups is 2. The van der Waals surface area contributed by atoms with Crippen molar-refractivity contribution < 1.29 is 23.8 Å². The quantitative estimate of drug-likeness (QED) is 0.570. The second kappa shape index (κ2) is 8.92. The van der Waals surface area contributed by atoms with Crippen LogP contribution in [0.3, 0.4) is 0 Å². The molecule has 5 heteroatoms. The van der Waals surface area contributed by atoms with E-state index in [1.54, 1.807) is 6.92 Å². The molecule has 0 heterocycles. The first-order valence-electron chi connectivity index (χ1n) is 6.62. The van der Waals surface area contributed by atoms with Gasteiger partial charge in [-0.15, -0.1) is 0 Å². The second-order valence-corrected chi connectivity index (χ2v) is 4.46. The van der Waals surface area contributed by atoms with Crippen LogP contribution >= 0.6 is 0 Å². The van der Waals surface area contributed by atoms with Crippen LogP contribution in [0.4, 0.5) is 0 Å². The van der Waals surface area contributed by atoms with Gasteiger partial charge in [-0.25, -0.2) is 4.79 Å². The second-order valence-electron chi connectivity index (χ2n) is 4.46. The molecule has 0 aromatic heterocycles. The molecule has 0 aliphatic carbocycles. The number of benzene rings is 1. The summed E-state index contributed by atoms with van der Waals surface area (Å²) in [6.07, 6.45) is 1.75. The van der Waals surface area contributed by atoms with E-state index >= 15 is 0 Å². The molecule has 2 atom stereocenters. The molecule has 0 unspecified atom stereocenters. The Kier molecular flexibility index (Phi) is 7.18. The van der Waals surface area contributed by atoms with Gasteiger partial charge < -0.3 is 14.2 Å². The predicted octanol–water partition coefficient (Wildman–Crippen LogP) is 2.25. The number of esters is 2. The van der Waals surface area contributed by atoms with Gasteiger partial charge in [0, 0.05) is 13.0 Å². The zero-order chi connectivity index (χ0) is 15.7. The Hall–Kier alpha value is -2.14. The number of carbonyl (C=O) groups excluding carboxylic acids is 2. The SMILES string of the molecule is COC(=O)/C=C/[C@H](OCc1ccccc1)[C@@H](C)OC(C)=O.